The molecule has 0 spiro atoms. The first kappa shape index (κ1) is 16.0. The molecular formula is C20H19NO3. The van der Waals surface area contributed by atoms with E-state index >= 15 is 0 Å². The van der Waals surface area contributed by atoms with Crippen molar-refractivity contribution in [3.63, 3.8) is 0 Å². The standard InChI is InChI=1S/C20H19NO3/c1-24-18-10-8-16(9-11-18)17-13-20(23)21(14-17)19(22)12-7-15-5-3-2-4-6-15/h2-12,17H,13-14H2,1H3/b12-7+/t17-/m0/s1. The average molecular weight is 321 g/mol. The minimum atomic E-state index is -0.264. The van der Waals surface area contributed by atoms with Gasteiger partial charge < -0.3 is 4.74 Å². The Morgan fingerprint density at radius 3 is 2.50 bits per heavy atom. The van der Waals surface area contributed by atoms with Crippen LogP contribution in [0.5, 0.6) is 5.75 Å². The Morgan fingerprint density at radius 1 is 1.12 bits per heavy atom. The summed E-state index contributed by atoms with van der Waals surface area (Å²) in [5.74, 6) is 0.428. The Bertz CT molecular complexity index is 750. The number of hydrogen-bond donors (Lipinski definition) is 0. The molecule has 0 saturated carbocycles. The number of likely N-dealkylation sites (tertiary alicyclic amines) is 1. The van der Waals surface area contributed by atoms with Gasteiger partial charge in [0.05, 0.1) is 7.11 Å². The van der Waals surface area contributed by atoms with Gasteiger partial charge in [0.2, 0.25) is 5.91 Å². The van der Waals surface area contributed by atoms with Crippen LogP contribution in [0.15, 0.2) is 60.7 Å². The molecule has 0 bridgehead atoms. The molecule has 0 unspecified atom stereocenters. The number of hydrogen-bond acceptors (Lipinski definition) is 3. The minimum absolute atomic E-state index is 0.0393. The number of imide groups is 1. The lowest BCUT2D eigenvalue weighted by atomic mass is 9.98. The van der Waals surface area contributed by atoms with Crippen LogP contribution in [0.1, 0.15) is 23.5 Å². The van der Waals surface area contributed by atoms with Crippen molar-refractivity contribution >= 4 is 17.9 Å². The smallest absolute Gasteiger partial charge is 0.253 e. The molecule has 1 fully saturated rings. The van der Waals surface area contributed by atoms with Gasteiger partial charge in [-0.2, -0.15) is 0 Å². The number of ether oxygens (including phenoxy) is 1. The van der Waals surface area contributed by atoms with E-state index in [1.54, 1.807) is 13.2 Å². The molecule has 2 amide bonds. The van der Waals surface area contributed by atoms with E-state index < -0.39 is 0 Å². The molecule has 122 valence electrons. The lowest BCUT2D eigenvalue weighted by molar-refractivity contribution is -0.138. The quantitative estimate of drug-likeness (QED) is 0.812. The summed E-state index contributed by atoms with van der Waals surface area (Å²) in [5, 5.41) is 0. The van der Waals surface area contributed by atoms with Gasteiger partial charge in [0, 0.05) is 25.0 Å². The number of carbonyl (C=O) groups excluding carboxylic acids is 2. The number of carbonyl (C=O) groups is 2. The SMILES string of the molecule is COc1ccc([C@H]2CC(=O)N(C(=O)/C=C/c3ccccc3)C2)cc1. The van der Waals surface area contributed by atoms with Crippen molar-refractivity contribution in [3.8, 4) is 5.75 Å². The predicted molar refractivity (Wildman–Crippen MR) is 92.5 cm³/mol. The Balaban J connectivity index is 1.67. The minimum Gasteiger partial charge on any atom is -0.497 e. The van der Waals surface area contributed by atoms with Gasteiger partial charge in [-0.05, 0) is 29.3 Å². The molecule has 1 aliphatic heterocycles. The normalized spacial score (nSPS) is 17.5. The van der Waals surface area contributed by atoms with Crippen molar-refractivity contribution in [3.05, 3.63) is 71.8 Å². The van der Waals surface area contributed by atoms with E-state index in [-0.39, 0.29) is 17.7 Å². The van der Waals surface area contributed by atoms with E-state index in [9.17, 15) is 9.59 Å². The Hall–Kier alpha value is -2.88. The fourth-order valence-corrected chi connectivity index (χ4v) is 2.84. The van der Waals surface area contributed by atoms with Crippen molar-refractivity contribution in [2.75, 3.05) is 13.7 Å². The van der Waals surface area contributed by atoms with Crippen molar-refractivity contribution in [2.45, 2.75) is 12.3 Å². The van der Waals surface area contributed by atoms with Gasteiger partial charge in [0.15, 0.2) is 0 Å². The first-order chi connectivity index (χ1) is 11.7. The maximum absolute atomic E-state index is 12.3. The zero-order chi connectivity index (χ0) is 16.9. The van der Waals surface area contributed by atoms with Crippen LogP contribution in [0.4, 0.5) is 0 Å². The highest BCUT2D eigenvalue weighted by molar-refractivity contribution is 6.04. The van der Waals surface area contributed by atoms with Crippen LogP contribution in [0, 0.1) is 0 Å². The van der Waals surface area contributed by atoms with Gasteiger partial charge >= 0.3 is 0 Å². The molecule has 2 aromatic carbocycles. The van der Waals surface area contributed by atoms with Gasteiger partial charge in [0.25, 0.3) is 5.91 Å². The fraction of sp³-hybridized carbons (Fsp3) is 0.200. The molecular weight excluding hydrogens is 302 g/mol. The van der Waals surface area contributed by atoms with E-state index in [1.807, 2.05) is 54.6 Å². The summed E-state index contributed by atoms with van der Waals surface area (Å²) in [6.45, 7) is 0.420. The van der Waals surface area contributed by atoms with Crippen LogP contribution in [0.2, 0.25) is 0 Å². The predicted octanol–water partition coefficient (Wildman–Crippen LogP) is 3.25. The van der Waals surface area contributed by atoms with Crippen LogP contribution < -0.4 is 4.74 Å². The highest BCUT2D eigenvalue weighted by Crippen LogP contribution is 2.29. The third-order valence-corrected chi connectivity index (χ3v) is 4.20. The van der Waals surface area contributed by atoms with E-state index in [2.05, 4.69) is 0 Å². The first-order valence-corrected chi connectivity index (χ1v) is 7.89. The summed E-state index contributed by atoms with van der Waals surface area (Å²) in [5.41, 5.74) is 1.98. The third kappa shape index (κ3) is 3.54. The topological polar surface area (TPSA) is 46.6 Å². The van der Waals surface area contributed by atoms with Crippen molar-refractivity contribution in [2.24, 2.45) is 0 Å². The highest BCUT2D eigenvalue weighted by atomic mass is 16.5. The fourth-order valence-electron chi connectivity index (χ4n) is 2.84. The van der Waals surface area contributed by atoms with Crippen molar-refractivity contribution in [1.29, 1.82) is 0 Å². The second-order valence-corrected chi connectivity index (χ2v) is 5.76. The average Bonchev–Trinajstić information content (AvgIpc) is 3.02. The molecule has 1 saturated heterocycles. The summed E-state index contributed by atoms with van der Waals surface area (Å²) in [6, 6.07) is 17.2. The Kier molecular flexibility index (Phi) is 4.75. The second kappa shape index (κ2) is 7.13. The molecule has 0 aromatic heterocycles. The van der Waals surface area contributed by atoms with E-state index in [0.29, 0.717) is 13.0 Å². The number of amides is 2. The molecule has 1 aliphatic rings. The summed E-state index contributed by atoms with van der Waals surface area (Å²) in [4.78, 5) is 25.8. The largest absolute Gasteiger partial charge is 0.497 e. The molecule has 1 heterocycles. The zero-order valence-electron chi connectivity index (χ0n) is 13.5. The second-order valence-electron chi connectivity index (χ2n) is 5.76. The zero-order valence-corrected chi connectivity index (χ0v) is 13.5. The van der Waals surface area contributed by atoms with Gasteiger partial charge in [-0.3, -0.25) is 14.5 Å². The number of methoxy groups -OCH3 is 1. The van der Waals surface area contributed by atoms with Gasteiger partial charge in [-0.15, -0.1) is 0 Å². The molecule has 4 heteroatoms. The molecule has 4 nitrogen and oxygen atoms in total. The third-order valence-electron chi connectivity index (χ3n) is 4.20. The van der Waals surface area contributed by atoms with Gasteiger partial charge in [-0.25, -0.2) is 0 Å². The number of benzene rings is 2. The van der Waals surface area contributed by atoms with Crippen molar-refractivity contribution < 1.29 is 14.3 Å². The lowest BCUT2D eigenvalue weighted by Gasteiger charge is -2.13. The molecule has 0 N–H and O–H groups in total. The van der Waals surface area contributed by atoms with E-state index in [1.165, 1.54) is 11.0 Å². The van der Waals surface area contributed by atoms with Gasteiger partial charge in [0.1, 0.15) is 5.75 Å². The summed E-state index contributed by atoms with van der Waals surface area (Å²) < 4.78 is 5.15. The molecule has 0 radical (unpaired) electrons. The monoisotopic (exact) mass is 321 g/mol. The van der Waals surface area contributed by atoms with Crippen LogP contribution in [-0.4, -0.2) is 30.4 Å². The summed E-state index contributed by atoms with van der Waals surface area (Å²) in [7, 11) is 1.62. The molecule has 0 aliphatic carbocycles. The van der Waals surface area contributed by atoms with Crippen LogP contribution in [0.3, 0.4) is 0 Å². The molecule has 2 aromatic rings. The molecule has 24 heavy (non-hydrogen) atoms. The van der Waals surface area contributed by atoms with Crippen molar-refractivity contribution in [1.82, 2.24) is 4.90 Å². The number of nitrogens with zero attached hydrogens (tertiary/aromatic N) is 1. The van der Waals surface area contributed by atoms with E-state index in [4.69, 9.17) is 4.74 Å². The summed E-state index contributed by atoms with van der Waals surface area (Å²) >= 11 is 0. The molecule has 1 atom stereocenters. The van der Waals surface area contributed by atoms with Crippen LogP contribution in [0.25, 0.3) is 6.08 Å². The summed E-state index contributed by atoms with van der Waals surface area (Å²) in [6.07, 6.45) is 3.55. The highest BCUT2D eigenvalue weighted by Gasteiger charge is 2.33. The first-order valence-electron chi connectivity index (χ1n) is 7.89. The maximum atomic E-state index is 12.3. The van der Waals surface area contributed by atoms with E-state index in [0.717, 1.165) is 16.9 Å². The Labute approximate surface area is 141 Å². The van der Waals surface area contributed by atoms with Crippen LogP contribution >= 0.6 is 0 Å². The number of rotatable bonds is 4. The maximum Gasteiger partial charge on any atom is 0.253 e. The van der Waals surface area contributed by atoms with Gasteiger partial charge in [-0.1, -0.05) is 42.5 Å². The lowest BCUT2D eigenvalue weighted by Crippen LogP contribution is -2.30. The Morgan fingerprint density at radius 2 is 1.83 bits per heavy atom. The molecule has 3 rings (SSSR count). The van der Waals surface area contributed by atoms with Crippen LogP contribution in [-0.2, 0) is 9.59 Å².